The molecule has 0 atom stereocenters. The first-order chi connectivity index (χ1) is 15.2. The summed E-state index contributed by atoms with van der Waals surface area (Å²) >= 11 is 0. The van der Waals surface area contributed by atoms with Crippen molar-refractivity contribution in [2.45, 2.75) is 13.3 Å². The number of furan rings is 1. The number of nitrogens with zero attached hydrogens (tertiary/aromatic N) is 2. The van der Waals surface area contributed by atoms with Crippen molar-refractivity contribution in [2.24, 2.45) is 0 Å². The average molecular weight is 419 g/mol. The van der Waals surface area contributed by atoms with Gasteiger partial charge in [0.05, 0.1) is 19.3 Å². The van der Waals surface area contributed by atoms with E-state index in [2.05, 4.69) is 15.5 Å². The zero-order valence-electron chi connectivity index (χ0n) is 16.9. The lowest BCUT2D eigenvalue weighted by Gasteiger charge is -2.11. The lowest BCUT2D eigenvalue weighted by atomic mass is 10.1. The van der Waals surface area contributed by atoms with E-state index in [0.29, 0.717) is 41.9 Å². The third-order valence-corrected chi connectivity index (χ3v) is 4.35. The van der Waals surface area contributed by atoms with E-state index in [0.717, 1.165) is 11.3 Å². The Morgan fingerprint density at radius 3 is 2.52 bits per heavy atom. The zero-order valence-corrected chi connectivity index (χ0v) is 16.9. The summed E-state index contributed by atoms with van der Waals surface area (Å²) < 4.78 is 21.5. The molecule has 0 fully saturated rings. The van der Waals surface area contributed by atoms with Gasteiger partial charge in [-0.05, 0) is 55.0 Å². The second-order valence-electron chi connectivity index (χ2n) is 6.56. The minimum Gasteiger partial charge on any atom is -0.494 e. The Morgan fingerprint density at radius 2 is 1.77 bits per heavy atom. The van der Waals surface area contributed by atoms with Crippen molar-refractivity contribution in [3.8, 4) is 23.1 Å². The van der Waals surface area contributed by atoms with Crippen LogP contribution in [-0.2, 0) is 11.2 Å². The normalized spacial score (nSPS) is 10.6. The fraction of sp³-hybridized carbons (Fsp3) is 0.174. The number of ether oxygens (including phenoxy) is 2. The number of aromatic nitrogens is 2. The minimum absolute atomic E-state index is 0.120. The molecule has 0 aliphatic rings. The van der Waals surface area contributed by atoms with Crippen LogP contribution in [0.3, 0.4) is 0 Å². The molecule has 1 amide bonds. The molecule has 2 heterocycles. The molecule has 0 saturated heterocycles. The van der Waals surface area contributed by atoms with Gasteiger partial charge in [-0.2, -0.15) is 4.98 Å². The SMILES string of the molecule is CCOc1ccc(OCC(=O)Nc2ccccc2Cc2nc(-c3ccco3)no2)cc1. The molecule has 8 nitrogen and oxygen atoms in total. The van der Waals surface area contributed by atoms with Crippen LogP contribution in [0.25, 0.3) is 11.6 Å². The quantitative estimate of drug-likeness (QED) is 0.431. The molecule has 0 radical (unpaired) electrons. The maximum Gasteiger partial charge on any atom is 0.262 e. The smallest absolute Gasteiger partial charge is 0.262 e. The number of carbonyl (C=O) groups is 1. The van der Waals surface area contributed by atoms with Crippen LogP contribution < -0.4 is 14.8 Å². The number of para-hydroxylation sites is 1. The monoisotopic (exact) mass is 419 g/mol. The molecular formula is C23H21N3O5. The number of hydrogen-bond donors (Lipinski definition) is 1. The second kappa shape index (κ2) is 9.62. The van der Waals surface area contributed by atoms with Crippen molar-refractivity contribution in [1.29, 1.82) is 0 Å². The summed E-state index contributed by atoms with van der Waals surface area (Å²) in [4.78, 5) is 16.7. The topological polar surface area (TPSA) is 99.6 Å². The molecule has 2 aromatic heterocycles. The zero-order chi connectivity index (χ0) is 21.5. The van der Waals surface area contributed by atoms with Crippen LogP contribution in [0.15, 0.2) is 75.9 Å². The lowest BCUT2D eigenvalue weighted by Crippen LogP contribution is -2.21. The lowest BCUT2D eigenvalue weighted by molar-refractivity contribution is -0.118. The molecule has 8 heteroatoms. The Bertz CT molecular complexity index is 1120. The number of benzene rings is 2. The molecule has 1 N–H and O–H groups in total. The Hall–Kier alpha value is -4.07. The van der Waals surface area contributed by atoms with Gasteiger partial charge in [-0.1, -0.05) is 23.4 Å². The third-order valence-electron chi connectivity index (χ3n) is 4.35. The Balaban J connectivity index is 1.36. The molecule has 0 unspecified atom stereocenters. The molecular weight excluding hydrogens is 398 g/mol. The van der Waals surface area contributed by atoms with Gasteiger partial charge < -0.3 is 23.7 Å². The van der Waals surface area contributed by atoms with Crippen LogP contribution in [-0.4, -0.2) is 29.3 Å². The van der Waals surface area contributed by atoms with Gasteiger partial charge in [0.2, 0.25) is 11.7 Å². The van der Waals surface area contributed by atoms with E-state index in [1.165, 1.54) is 0 Å². The van der Waals surface area contributed by atoms with Crippen LogP contribution in [0.2, 0.25) is 0 Å². The predicted octanol–water partition coefficient (Wildman–Crippen LogP) is 4.34. The van der Waals surface area contributed by atoms with Crippen molar-refractivity contribution in [2.75, 3.05) is 18.5 Å². The first-order valence-electron chi connectivity index (χ1n) is 9.81. The molecule has 0 saturated carbocycles. The maximum atomic E-state index is 12.4. The summed E-state index contributed by atoms with van der Waals surface area (Å²) in [5.41, 5.74) is 1.49. The molecule has 4 rings (SSSR count). The minimum atomic E-state index is -0.275. The van der Waals surface area contributed by atoms with Crippen LogP contribution in [0.1, 0.15) is 18.4 Å². The van der Waals surface area contributed by atoms with Gasteiger partial charge in [-0.25, -0.2) is 0 Å². The summed E-state index contributed by atoms with van der Waals surface area (Å²) in [6.45, 7) is 2.39. The summed E-state index contributed by atoms with van der Waals surface area (Å²) in [5, 5.41) is 6.80. The van der Waals surface area contributed by atoms with Crippen molar-refractivity contribution >= 4 is 11.6 Å². The van der Waals surface area contributed by atoms with Gasteiger partial charge in [0.25, 0.3) is 5.91 Å². The number of rotatable bonds is 9. The molecule has 31 heavy (non-hydrogen) atoms. The van der Waals surface area contributed by atoms with Crippen molar-refractivity contribution < 1.29 is 23.2 Å². The Labute approximate surface area is 178 Å². The molecule has 2 aromatic carbocycles. The van der Waals surface area contributed by atoms with Gasteiger partial charge in [0.1, 0.15) is 11.5 Å². The van der Waals surface area contributed by atoms with Crippen LogP contribution in [0.4, 0.5) is 5.69 Å². The van der Waals surface area contributed by atoms with E-state index in [1.807, 2.05) is 31.2 Å². The van der Waals surface area contributed by atoms with Crippen LogP contribution >= 0.6 is 0 Å². The highest BCUT2D eigenvalue weighted by atomic mass is 16.5. The highest BCUT2D eigenvalue weighted by Gasteiger charge is 2.14. The van der Waals surface area contributed by atoms with E-state index in [9.17, 15) is 4.79 Å². The number of amides is 1. The summed E-state index contributed by atoms with van der Waals surface area (Å²) in [5.74, 6) is 2.39. The first kappa shape index (κ1) is 20.2. The van der Waals surface area contributed by atoms with Crippen LogP contribution in [0.5, 0.6) is 11.5 Å². The summed E-state index contributed by atoms with van der Waals surface area (Å²) in [6, 6.07) is 18.1. The number of hydrogen-bond acceptors (Lipinski definition) is 7. The molecule has 0 spiro atoms. The highest BCUT2D eigenvalue weighted by molar-refractivity contribution is 5.92. The second-order valence-corrected chi connectivity index (χ2v) is 6.56. The predicted molar refractivity (Wildman–Crippen MR) is 113 cm³/mol. The molecule has 158 valence electrons. The molecule has 0 bridgehead atoms. The van der Waals surface area contributed by atoms with Crippen molar-refractivity contribution in [3.63, 3.8) is 0 Å². The molecule has 0 aliphatic carbocycles. The number of carbonyl (C=O) groups excluding carboxylic acids is 1. The number of anilines is 1. The standard InChI is InChI=1S/C23H21N3O5/c1-2-28-17-9-11-18(12-10-17)30-15-21(27)24-19-7-4-3-6-16(19)14-22-25-23(26-31-22)20-8-5-13-29-20/h3-13H,2,14-15H2,1H3,(H,24,27). The fourth-order valence-corrected chi connectivity index (χ4v) is 2.93. The summed E-state index contributed by atoms with van der Waals surface area (Å²) in [7, 11) is 0. The average Bonchev–Trinajstić information content (AvgIpc) is 3.47. The largest absolute Gasteiger partial charge is 0.494 e. The Kier molecular flexibility index (Phi) is 6.27. The van der Waals surface area contributed by atoms with E-state index >= 15 is 0 Å². The number of nitrogens with one attached hydrogen (secondary N) is 1. The Morgan fingerprint density at radius 1 is 1.00 bits per heavy atom. The van der Waals surface area contributed by atoms with Crippen LogP contribution in [0, 0.1) is 0 Å². The first-order valence-corrected chi connectivity index (χ1v) is 9.81. The molecule has 0 aliphatic heterocycles. The van der Waals surface area contributed by atoms with E-state index in [-0.39, 0.29) is 12.5 Å². The van der Waals surface area contributed by atoms with Gasteiger partial charge >= 0.3 is 0 Å². The van der Waals surface area contributed by atoms with Gasteiger partial charge in [-0.15, -0.1) is 0 Å². The molecule has 4 aromatic rings. The van der Waals surface area contributed by atoms with E-state index < -0.39 is 0 Å². The van der Waals surface area contributed by atoms with Gasteiger partial charge in [0, 0.05) is 5.69 Å². The van der Waals surface area contributed by atoms with Gasteiger partial charge in [-0.3, -0.25) is 4.79 Å². The highest BCUT2D eigenvalue weighted by Crippen LogP contribution is 2.22. The van der Waals surface area contributed by atoms with Crippen molar-refractivity contribution in [1.82, 2.24) is 10.1 Å². The van der Waals surface area contributed by atoms with Crippen molar-refractivity contribution in [3.05, 3.63) is 78.4 Å². The van der Waals surface area contributed by atoms with E-state index in [1.54, 1.807) is 42.7 Å². The summed E-state index contributed by atoms with van der Waals surface area (Å²) in [6.07, 6.45) is 1.91. The third kappa shape index (κ3) is 5.30. The van der Waals surface area contributed by atoms with Gasteiger partial charge in [0.15, 0.2) is 12.4 Å². The van der Waals surface area contributed by atoms with E-state index in [4.69, 9.17) is 18.4 Å². The maximum absolute atomic E-state index is 12.4. The fourth-order valence-electron chi connectivity index (χ4n) is 2.93.